The Labute approximate surface area is 172 Å². The Kier molecular flexibility index (Phi) is 6.50. The minimum absolute atomic E-state index is 0.0101. The van der Waals surface area contributed by atoms with E-state index in [1.807, 2.05) is 17.5 Å². The monoisotopic (exact) mass is 434 g/mol. The van der Waals surface area contributed by atoms with Gasteiger partial charge in [0, 0.05) is 11.9 Å². The lowest BCUT2D eigenvalue weighted by atomic mass is 10.3. The van der Waals surface area contributed by atoms with Gasteiger partial charge in [-0.1, -0.05) is 6.07 Å². The van der Waals surface area contributed by atoms with Crippen molar-refractivity contribution in [2.24, 2.45) is 0 Å². The van der Waals surface area contributed by atoms with Crippen LogP contribution < -0.4 is 14.4 Å². The predicted molar refractivity (Wildman–Crippen MR) is 110 cm³/mol. The van der Waals surface area contributed by atoms with Crippen LogP contribution in [0.5, 0.6) is 5.75 Å². The van der Waals surface area contributed by atoms with E-state index in [1.165, 1.54) is 19.2 Å². The predicted octanol–water partition coefficient (Wildman–Crippen LogP) is 3.41. The molecule has 0 aliphatic carbocycles. The van der Waals surface area contributed by atoms with Gasteiger partial charge < -0.3 is 10.1 Å². The van der Waals surface area contributed by atoms with Crippen LogP contribution in [-0.2, 0) is 21.4 Å². The number of hydrogen-bond donors (Lipinski definition) is 1. The van der Waals surface area contributed by atoms with Crippen LogP contribution in [0.15, 0.2) is 70.9 Å². The first kappa shape index (κ1) is 20.8. The smallest absolute Gasteiger partial charge is 0.264 e. The van der Waals surface area contributed by atoms with Gasteiger partial charge in [-0.25, -0.2) is 12.8 Å². The van der Waals surface area contributed by atoms with E-state index in [-0.39, 0.29) is 17.4 Å². The summed E-state index contributed by atoms with van der Waals surface area (Å²) in [5.74, 6) is -0.321. The molecule has 0 aliphatic rings. The zero-order valence-corrected chi connectivity index (χ0v) is 17.2. The Hall–Kier alpha value is -2.91. The quantitative estimate of drug-likeness (QED) is 0.590. The molecule has 6 nitrogen and oxygen atoms in total. The van der Waals surface area contributed by atoms with Crippen molar-refractivity contribution in [2.75, 3.05) is 18.0 Å². The van der Waals surface area contributed by atoms with Crippen molar-refractivity contribution in [1.82, 2.24) is 5.32 Å². The van der Waals surface area contributed by atoms with Gasteiger partial charge in [0.25, 0.3) is 15.9 Å². The molecule has 0 aliphatic heterocycles. The average molecular weight is 435 g/mol. The number of carbonyl (C=O) groups is 1. The summed E-state index contributed by atoms with van der Waals surface area (Å²) < 4.78 is 44.8. The molecule has 0 radical (unpaired) electrons. The molecule has 1 aromatic heterocycles. The molecule has 2 aromatic carbocycles. The van der Waals surface area contributed by atoms with Gasteiger partial charge in [-0.15, -0.1) is 11.3 Å². The average Bonchev–Trinajstić information content (AvgIpc) is 3.24. The van der Waals surface area contributed by atoms with Gasteiger partial charge >= 0.3 is 0 Å². The molecular weight excluding hydrogens is 415 g/mol. The largest absolute Gasteiger partial charge is 0.484 e. The summed E-state index contributed by atoms with van der Waals surface area (Å²) in [4.78, 5) is 12.9. The first-order chi connectivity index (χ1) is 13.9. The summed E-state index contributed by atoms with van der Waals surface area (Å²) in [6.45, 7) is 0.305. The van der Waals surface area contributed by atoms with Gasteiger partial charge in [0.1, 0.15) is 11.6 Å². The van der Waals surface area contributed by atoms with E-state index in [4.69, 9.17) is 4.74 Å². The molecule has 9 heteroatoms. The number of rotatable bonds is 8. The third kappa shape index (κ3) is 5.33. The summed E-state index contributed by atoms with van der Waals surface area (Å²) in [6, 6.07) is 14.8. The number of nitrogens with one attached hydrogen (secondary N) is 1. The number of carbonyl (C=O) groups excluding carboxylic acids is 1. The first-order valence-electron chi connectivity index (χ1n) is 8.63. The summed E-state index contributed by atoms with van der Waals surface area (Å²) in [5, 5.41) is 4.70. The first-order valence-corrected chi connectivity index (χ1v) is 10.9. The topological polar surface area (TPSA) is 75.7 Å². The minimum Gasteiger partial charge on any atom is -0.484 e. The Morgan fingerprint density at radius 2 is 1.79 bits per heavy atom. The molecule has 3 aromatic rings. The number of sulfonamides is 1. The number of thiophene rings is 1. The van der Waals surface area contributed by atoms with Crippen molar-refractivity contribution in [1.29, 1.82) is 0 Å². The van der Waals surface area contributed by atoms with E-state index in [9.17, 15) is 17.6 Å². The molecule has 1 heterocycles. The van der Waals surface area contributed by atoms with Crippen molar-refractivity contribution >= 4 is 33.0 Å². The number of amides is 1. The van der Waals surface area contributed by atoms with Crippen molar-refractivity contribution < 1.29 is 22.3 Å². The highest BCUT2D eigenvalue weighted by atomic mass is 32.2. The standard InChI is InChI=1S/C20H19FN2O4S2/c1-23(29(25,26)19-10-4-15(21)5-11-19)16-6-8-17(9-7-16)27-14-20(24)22-13-18-3-2-12-28-18/h2-12H,13-14H2,1H3,(H,22,24). The van der Waals surface area contributed by atoms with Gasteiger partial charge in [0.2, 0.25) is 0 Å². The third-order valence-corrected chi connectivity index (χ3v) is 6.76. The van der Waals surface area contributed by atoms with E-state index in [1.54, 1.807) is 35.6 Å². The van der Waals surface area contributed by atoms with E-state index in [0.29, 0.717) is 18.0 Å². The highest BCUT2D eigenvalue weighted by molar-refractivity contribution is 7.92. The van der Waals surface area contributed by atoms with Gasteiger partial charge in [-0.2, -0.15) is 0 Å². The van der Waals surface area contributed by atoms with Crippen LogP contribution in [-0.4, -0.2) is 28.0 Å². The number of hydrogen-bond acceptors (Lipinski definition) is 5. The number of nitrogens with zero attached hydrogens (tertiary/aromatic N) is 1. The van der Waals surface area contributed by atoms with Gasteiger partial charge in [-0.3, -0.25) is 9.10 Å². The molecule has 0 unspecified atom stereocenters. The fourth-order valence-electron chi connectivity index (χ4n) is 2.45. The normalized spacial score (nSPS) is 11.1. The van der Waals surface area contributed by atoms with E-state index in [2.05, 4.69) is 5.32 Å². The molecule has 0 spiro atoms. The van der Waals surface area contributed by atoms with Crippen LogP contribution in [0.25, 0.3) is 0 Å². The van der Waals surface area contributed by atoms with Crippen molar-refractivity contribution in [2.45, 2.75) is 11.4 Å². The lowest BCUT2D eigenvalue weighted by molar-refractivity contribution is -0.123. The maximum absolute atomic E-state index is 13.0. The van der Waals surface area contributed by atoms with E-state index < -0.39 is 15.8 Å². The summed E-state index contributed by atoms with van der Waals surface area (Å²) >= 11 is 1.56. The van der Waals surface area contributed by atoms with Crippen molar-refractivity contribution in [3.05, 3.63) is 76.7 Å². The van der Waals surface area contributed by atoms with Crippen LogP contribution in [0.2, 0.25) is 0 Å². The number of ether oxygens (including phenoxy) is 1. The molecule has 3 rings (SSSR count). The highest BCUT2D eigenvalue weighted by Crippen LogP contribution is 2.24. The second-order valence-corrected chi connectivity index (χ2v) is 9.07. The molecule has 0 atom stereocenters. The fraction of sp³-hybridized carbons (Fsp3) is 0.150. The zero-order valence-electron chi connectivity index (χ0n) is 15.5. The molecule has 29 heavy (non-hydrogen) atoms. The van der Waals surface area contributed by atoms with Gasteiger partial charge in [0.05, 0.1) is 17.1 Å². The Bertz CT molecular complexity index is 1050. The van der Waals surface area contributed by atoms with Crippen molar-refractivity contribution in [3.63, 3.8) is 0 Å². The maximum atomic E-state index is 13.0. The molecule has 1 amide bonds. The molecule has 0 fully saturated rings. The maximum Gasteiger partial charge on any atom is 0.264 e. The highest BCUT2D eigenvalue weighted by Gasteiger charge is 2.21. The van der Waals surface area contributed by atoms with Crippen molar-refractivity contribution in [3.8, 4) is 5.75 Å². The summed E-state index contributed by atoms with van der Waals surface area (Å²) in [5.41, 5.74) is 0.406. The van der Waals surface area contributed by atoms with Crippen LogP contribution in [0.3, 0.4) is 0 Å². The number of benzene rings is 2. The summed E-state index contributed by atoms with van der Waals surface area (Å²) in [6.07, 6.45) is 0. The van der Waals surface area contributed by atoms with Crippen LogP contribution >= 0.6 is 11.3 Å². The van der Waals surface area contributed by atoms with Crippen LogP contribution in [0, 0.1) is 5.82 Å². The van der Waals surface area contributed by atoms with Gasteiger partial charge in [-0.05, 0) is 60.0 Å². The lowest BCUT2D eigenvalue weighted by Gasteiger charge is -2.19. The molecule has 0 saturated carbocycles. The van der Waals surface area contributed by atoms with E-state index in [0.717, 1.165) is 21.3 Å². The number of halogens is 1. The molecule has 0 saturated heterocycles. The third-order valence-electron chi connectivity index (χ3n) is 4.08. The SMILES string of the molecule is CN(c1ccc(OCC(=O)NCc2cccs2)cc1)S(=O)(=O)c1ccc(F)cc1. The molecule has 152 valence electrons. The lowest BCUT2D eigenvalue weighted by Crippen LogP contribution is -2.28. The Morgan fingerprint density at radius 3 is 2.41 bits per heavy atom. The molecular formula is C20H19FN2O4S2. The Balaban J connectivity index is 1.57. The minimum atomic E-state index is -3.81. The fourth-order valence-corrected chi connectivity index (χ4v) is 4.29. The molecule has 0 bridgehead atoms. The van der Waals surface area contributed by atoms with Gasteiger partial charge in [0.15, 0.2) is 6.61 Å². The number of anilines is 1. The second kappa shape index (κ2) is 9.06. The van der Waals surface area contributed by atoms with Crippen LogP contribution in [0.4, 0.5) is 10.1 Å². The zero-order chi connectivity index (χ0) is 20.9. The van der Waals surface area contributed by atoms with Crippen LogP contribution in [0.1, 0.15) is 4.88 Å². The van der Waals surface area contributed by atoms with E-state index >= 15 is 0 Å². The summed E-state index contributed by atoms with van der Waals surface area (Å²) in [7, 11) is -2.40. The second-order valence-electron chi connectivity index (χ2n) is 6.07. The molecule has 1 N–H and O–H groups in total. The Morgan fingerprint density at radius 1 is 1.10 bits per heavy atom.